The van der Waals surface area contributed by atoms with Gasteiger partial charge in [0.1, 0.15) is 0 Å². The Kier molecular flexibility index (Phi) is 3.79. The van der Waals surface area contributed by atoms with Crippen LogP contribution in [-0.2, 0) is 5.67 Å². The normalized spacial score (nSPS) is 30.5. The number of guanidine groups is 1. The van der Waals surface area contributed by atoms with Gasteiger partial charge in [-0.15, -0.1) is 24.0 Å². The molecule has 0 amide bonds. The number of nitrogens with one attached hydrogen (secondary N) is 1. The number of nitrogens with two attached hydrogens (primary N) is 1. The topological polar surface area (TPSA) is 50.4 Å². The summed E-state index contributed by atoms with van der Waals surface area (Å²) >= 11 is 0. The zero-order valence-electron chi connectivity index (χ0n) is 9.97. The summed E-state index contributed by atoms with van der Waals surface area (Å²) in [6.07, 6.45) is 2.71. The first-order valence-corrected chi connectivity index (χ1v) is 6.03. The Morgan fingerprint density at radius 1 is 1.33 bits per heavy atom. The molecule has 0 saturated heterocycles. The first kappa shape index (κ1) is 13.6. The molecule has 3 N–H and O–H groups in total. The van der Waals surface area contributed by atoms with Gasteiger partial charge in [0.15, 0.2) is 11.6 Å². The minimum absolute atomic E-state index is 0. The van der Waals surface area contributed by atoms with Gasteiger partial charge in [-0.1, -0.05) is 30.3 Å². The fraction of sp³-hybridized carbons (Fsp3) is 0.462. The van der Waals surface area contributed by atoms with Crippen LogP contribution in [0.4, 0.5) is 4.39 Å². The molecular weight excluding hydrogens is 344 g/mol. The van der Waals surface area contributed by atoms with Crippen molar-refractivity contribution >= 4 is 29.9 Å². The molecule has 98 valence electrons. The lowest BCUT2D eigenvalue weighted by molar-refractivity contribution is 0.306. The molecule has 2 aliphatic carbocycles. The lowest BCUT2D eigenvalue weighted by atomic mass is 10.1. The number of hydrogen-bond acceptors (Lipinski definition) is 1. The van der Waals surface area contributed by atoms with Crippen molar-refractivity contribution in [3.8, 4) is 0 Å². The first-order chi connectivity index (χ1) is 8.18. The minimum atomic E-state index is -1.31. The molecule has 3 nitrogen and oxygen atoms in total. The van der Waals surface area contributed by atoms with E-state index in [1.807, 2.05) is 18.2 Å². The van der Waals surface area contributed by atoms with Gasteiger partial charge in [-0.05, 0) is 18.4 Å². The van der Waals surface area contributed by atoms with Gasteiger partial charge < -0.3 is 11.1 Å². The third kappa shape index (κ3) is 2.76. The van der Waals surface area contributed by atoms with E-state index < -0.39 is 5.67 Å². The summed E-state index contributed by atoms with van der Waals surface area (Å²) in [4.78, 5) is 4.21. The maximum atomic E-state index is 14.4. The van der Waals surface area contributed by atoms with Crippen LogP contribution >= 0.6 is 24.0 Å². The number of halogens is 2. The minimum Gasteiger partial charge on any atom is -0.370 e. The van der Waals surface area contributed by atoms with E-state index in [1.165, 1.54) is 0 Å². The average Bonchev–Trinajstić information content (AvgIpc) is 3.22. The van der Waals surface area contributed by atoms with Crippen LogP contribution in [0.5, 0.6) is 0 Å². The third-order valence-electron chi connectivity index (χ3n) is 3.34. The highest BCUT2D eigenvalue weighted by atomic mass is 127. The molecule has 3 rings (SSSR count). The molecule has 2 fully saturated rings. The largest absolute Gasteiger partial charge is 0.370 e. The molecule has 0 spiro atoms. The maximum absolute atomic E-state index is 14.4. The fourth-order valence-electron chi connectivity index (χ4n) is 2.04. The quantitative estimate of drug-likeness (QED) is 0.493. The van der Waals surface area contributed by atoms with Crippen LogP contribution in [0.25, 0.3) is 0 Å². The van der Waals surface area contributed by atoms with E-state index in [2.05, 4.69) is 10.3 Å². The highest BCUT2D eigenvalue weighted by Gasteiger charge is 2.57. The number of benzene rings is 1. The van der Waals surface area contributed by atoms with E-state index in [9.17, 15) is 4.39 Å². The molecule has 0 heterocycles. The lowest BCUT2D eigenvalue weighted by Gasteiger charge is -2.07. The Balaban J connectivity index is 0.00000120. The van der Waals surface area contributed by atoms with Crippen LogP contribution in [0.15, 0.2) is 35.3 Å². The molecule has 2 unspecified atom stereocenters. The van der Waals surface area contributed by atoms with E-state index in [0.29, 0.717) is 24.0 Å². The summed E-state index contributed by atoms with van der Waals surface area (Å²) in [5, 5.41) is 3.08. The number of rotatable bonds is 3. The molecule has 5 heteroatoms. The molecular formula is C13H17FIN3. The van der Waals surface area contributed by atoms with Crippen molar-refractivity contribution in [2.75, 3.05) is 0 Å². The second-order valence-electron chi connectivity index (χ2n) is 4.88. The molecule has 0 bridgehead atoms. The smallest absolute Gasteiger partial charge is 0.189 e. The Hall–Kier alpha value is -0.850. The van der Waals surface area contributed by atoms with Crippen molar-refractivity contribution in [1.82, 2.24) is 5.32 Å². The standard InChI is InChI=1S/C13H16FN3.HI/c14-13(9-4-2-1-3-5-9)8-11(13)17-12(15)16-10-6-7-10;/h1-5,10-11H,6-8H2,(H3,15,16,17);1H. The van der Waals surface area contributed by atoms with Gasteiger partial charge in [-0.3, -0.25) is 0 Å². The van der Waals surface area contributed by atoms with Crippen LogP contribution in [0.1, 0.15) is 24.8 Å². The Labute approximate surface area is 123 Å². The molecule has 0 radical (unpaired) electrons. The summed E-state index contributed by atoms with van der Waals surface area (Å²) in [6, 6.07) is 9.33. The predicted octanol–water partition coefficient (Wildman–Crippen LogP) is 2.31. The van der Waals surface area contributed by atoms with Gasteiger partial charge in [0, 0.05) is 12.5 Å². The second-order valence-corrected chi connectivity index (χ2v) is 4.88. The lowest BCUT2D eigenvalue weighted by Crippen LogP contribution is -2.33. The van der Waals surface area contributed by atoms with E-state index >= 15 is 0 Å². The average molecular weight is 361 g/mol. The van der Waals surface area contributed by atoms with E-state index in [0.717, 1.165) is 12.8 Å². The number of alkyl halides is 1. The van der Waals surface area contributed by atoms with Gasteiger partial charge >= 0.3 is 0 Å². The monoisotopic (exact) mass is 361 g/mol. The number of hydrogen-bond donors (Lipinski definition) is 2. The summed E-state index contributed by atoms with van der Waals surface area (Å²) in [5.74, 6) is 0.382. The van der Waals surface area contributed by atoms with Crippen molar-refractivity contribution in [2.45, 2.75) is 37.0 Å². The van der Waals surface area contributed by atoms with Gasteiger partial charge in [-0.2, -0.15) is 0 Å². The van der Waals surface area contributed by atoms with Gasteiger partial charge in [0.05, 0.1) is 6.04 Å². The predicted molar refractivity (Wildman–Crippen MR) is 80.8 cm³/mol. The molecule has 18 heavy (non-hydrogen) atoms. The first-order valence-electron chi connectivity index (χ1n) is 6.03. The van der Waals surface area contributed by atoms with Crippen LogP contribution in [0, 0.1) is 0 Å². The molecule has 2 saturated carbocycles. The number of aliphatic imine (C=N–C) groups is 1. The molecule has 2 atom stereocenters. The van der Waals surface area contributed by atoms with Gasteiger partial charge in [0.25, 0.3) is 0 Å². The molecule has 2 aliphatic rings. The Morgan fingerprint density at radius 3 is 2.61 bits per heavy atom. The highest BCUT2D eigenvalue weighted by Crippen LogP contribution is 2.51. The van der Waals surface area contributed by atoms with Crippen molar-refractivity contribution in [1.29, 1.82) is 0 Å². The third-order valence-corrected chi connectivity index (χ3v) is 3.34. The van der Waals surface area contributed by atoms with Crippen LogP contribution < -0.4 is 11.1 Å². The van der Waals surface area contributed by atoms with Gasteiger partial charge in [-0.25, -0.2) is 9.38 Å². The molecule has 0 aromatic heterocycles. The van der Waals surface area contributed by atoms with Gasteiger partial charge in [0.2, 0.25) is 0 Å². The fourth-order valence-corrected chi connectivity index (χ4v) is 2.04. The zero-order chi connectivity index (χ0) is 11.9. The van der Waals surface area contributed by atoms with Crippen LogP contribution in [0.2, 0.25) is 0 Å². The highest BCUT2D eigenvalue weighted by molar-refractivity contribution is 14.0. The SMILES string of the molecule is I.NC(=NC1CC1(F)c1ccccc1)NC1CC1. The van der Waals surface area contributed by atoms with Crippen molar-refractivity contribution in [2.24, 2.45) is 10.7 Å². The van der Waals surface area contributed by atoms with E-state index in [4.69, 9.17) is 5.73 Å². The summed E-state index contributed by atoms with van der Waals surface area (Å²) < 4.78 is 14.4. The zero-order valence-corrected chi connectivity index (χ0v) is 12.3. The summed E-state index contributed by atoms with van der Waals surface area (Å²) in [7, 11) is 0. The molecule has 1 aromatic rings. The molecule has 0 aliphatic heterocycles. The number of nitrogens with zero attached hydrogens (tertiary/aromatic N) is 1. The second kappa shape index (κ2) is 5.03. The summed E-state index contributed by atoms with van der Waals surface area (Å²) in [6.45, 7) is 0. The Bertz CT molecular complexity index is 447. The Morgan fingerprint density at radius 2 is 2.00 bits per heavy atom. The molecule has 1 aromatic carbocycles. The van der Waals surface area contributed by atoms with Crippen molar-refractivity contribution in [3.63, 3.8) is 0 Å². The van der Waals surface area contributed by atoms with Crippen LogP contribution in [-0.4, -0.2) is 18.0 Å². The van der Waals surface area contributed by atoms with Crippen molar-refractivity contribution < 1.29 is 4.39 Å². The summed E-state index contributed by atoms with van der Waals surface area (Å²) in [5.41, 5.74) is 5.12. The maximum Gasteiger partial charge on any atom is 0.189 e. The van der Waals surface area contributed by atoms with E-state index in [1.54, 1.807) is 12.1 Å². The van der Waals surface area contributed by atoms with Crippen molar-refractivity contribution in [3.05, 3.63) is 35.9 Å². The van der Waals surface area contributed by atoms with E-state index in [-0.39, 0.29) is 30.0 Å². The van der Waals surface area contributed by atoms with Crippen LogP contribution in [0.3, 0.4) is 0 Å².